The number of carbonyl (C=O) groups excluding carboxylic acids is 1. The number of carboxylic acids is 1. The van der Waals surface area contributed by atoms with Crippen LogP contribution in [0, 0.1) is 0 Å². The minimum atomic E-state index is -1.11. The molecule has 2 N–H and O–H groups in total. The zero-order valence-corrected chi connectivity index (χ0v) is 11.0. The second-order valence-electron chi connectivity index (χ2n) is 5.21. The van der Waals surface area contributed by atoms with Crippen LogP contribution in [0.4, 0.5) is 5.82 Å². The number of hydrogen-bond acceptors (Lipinski definition) is 5. The van der Waals surface area contributed by atoms with Crippen molar-refractivity contribution in [3.63, 3.8) is 0 Å². The number of aromatic carboxylic acids is 1. The van der Waals surface area contributed by atoms with Gasteiger partial charge in [-0.15, -0.1) is 0 Å². The average molecular weight is 276 g/mol. The molecule has 3 heterocycles. The first kappa shape index (κ1) is 12.8. The van der Waals surface area contributed by atoms with Crippen molar-refractivity contribution in [2.45, 2.75) is 37.8 Å². The van der Waals surface area contributed by atoms with Gasteiger partial charge in [-0.05, 0) is 25.7 Å². The smallest absolute Gasteiger partial charge is 0.356 e. The summed E-state index contributed by atoms with van der Waals surface area (Å²) in [5.41, 5.74) is -0.106. The highest BCUT2D eigenvalue weighted by Crippen LogP contribution is 2.29. The summed E-state index contributed by atoms with van der Waals surface area (Å²) >= 11 is 0. The fourth-order valence-corrected chi connectivity index (χ4v) is 2.92. The van der Waals surface area contributed by atoms with E-state index >= 15 is 0 Å². The third-order valence-corrected chi connectivity index (χ3v) is 3.91. The molecule has 1 amide bonds. The maximum absolute atomic E-state index is 12.2. The molecule has 106 valence electrons. The van der Waals surface area contributed by atoms with Crippen molar-refractivity contribution in [3.05, 3.63) is 18.1 Å². The number of piperidine rings is 1. The summed E-state index contributed by atoms with van der Waals surface area (Å²) in [5.74, 6) is -0.565. The van der Waals surface area contributed by atoms with Crippen LogP contribution in [0.5, 0.6) is 0 Å². The molecule has 7 nitrogen and oxygen atoms in total. The van der Waals surface area contributed by atoms with Crippen LogP contribution in [0.2, 0.25) is 0 Å². The highest BCUT2D eigenvalue weighted by Gasteiger charge is 2.40. The van der Waals surface area contributed by atoms with Gasteiger partial charge in [0.2, 0.25) is 5.91 Å². The third kappa shape index (κ3) is 2.31. The van der Waals surface area contributed by atoms with Gasteiger partial charge in [-0.1, -0.05) is 0 Å². The number of nitrogens with one attached hydrogen (secondary N) is 1. The predicted octanol–water partition coefficient (Wildman–Crippen LogP) is 0.740. The second-order valence-corrected chi connectivity index (χ2v) is 5.21. The summed E-state index contributed by atoms with van der Waals surface area (Å²) in [5, 5.41) is 11.8. The number of anilines is 1. The molecule has 7 heteroatoms. The molecule has 2 saturated heterocycles. The molecule has 1 aromatic rings. The summed E-state index contributed by atoms with van der Waals surface area (Å²) in [4.78, 5) is 32.7. The molecule has 2 fully saturated rings. The predicted molar refractivity (Wildman–Crippen MR) is 70.4 cm³/mol. The molecule has 2 unspecified atom stereocenters. The first-order chi connectivity index (χ1) is 9.65. The second kappa shape index (κ2) is 5.07. The average Bonchev–Trinajstić information content (AvgIpc) is 2.77. The number of amides is 1. The largest absolute Gasteiger partial charge is 0.476 e. The number of carbonyl (C=O) groups is 2. The topological polar surface area (TPSA) is 95.4 Å². The molecule has 0 bridgehead atoms. The van der Waals surface area contributed by atoms with E-state index in [1.165, 1.54) is 18.8 Å². The fourth-order valence-electron chi connectivity index (χ4n) is 2.92. The number of rotatable bonds is 3. The minimum Gasteiger partial charge on any atom is -0.476 e. The molecule has 0 aliphatic carbocycles. The summed E-state index contributed by atoms with van der Waals surface area (Å²) in [6.07, 6.45) is 6.64. The first-order valence-electron chi connectivity index (χ1n) is 6.77. The summed E-state index contributed by atoms with van der Waals surface area (Å²) < 4.78 is 0. The Labute approximate surface area is 116 Å². The van der Waals surface area contributed by atoms with Gasteiger partial charge in [-0.2, -0.15) is 0 Å². The molecule has 1 aromatic heterocycles. The van der Waals surface area contributed by atoms with Crippen LogP contribution in [0.25, 0.3) is 0 Å². The van der Waals surface area contributed by atoms with E-state index in [1.807, 2.05) is 4.90 Å². The Bertz CT molecular complexity index is 531. The van der Waals surface area contributed by atoms with Gasteiger partial charge < -0.3 is 15.3 Å². The van der Waals surface area contributed by atoms with Crippen molar-refractivity contribution in [2.24, 2.45) is 0 Å². The molecular weight excluding hydrogens is 260 g/mol. The van der Waals surface area contributed by atoms with E-state index in [0.29, 0.717) is 11.9 Å². The molecule has 0 aromatic carbocycles. The van der Waals surface area contributed by atoms with Crippen molar-refractivity contribution < 1.29 is 14.7 Å². The van der Waals surface area contributed by atoms with Crippen LogP contribution in [0.15, 0.2) is 12.4 Å². The van der Waals surface area contributed by atoms with Crippen LogP contribution in [-0.2, 0) is 4.79 Å². The molecule has 2 atom stereocenters. The number of aromatic nitrogens is 2. The van der Waals surface area contributed by atoms with Gasteiger partial charge in [-0.25, -0.2) is 14.8 Å². The van der Waals surface area contributed by atoms with Gasteiger partial charge in [-0.3, -0.25) is 4.79 Å². The van der Waals surface area contributed by atoms with Gasteiger partial charge >= 0.3 is 5.97 Å². The number of fused-ring (bicyclic) bond motifs is 1. The minimum absolute atomic E-state index is 0.106. The number of hydrogen-bond donors (Lipinski definition) is 2. The van der Waals surface area contributed by atoms with E-state index in [-0.39, 0.29) is 17.6 Å². The van der Waals surface area contributed by atoms with Gasteiger partial charge in [0.1, 0.15) is 11.9 Å². The molecule has 2 aliphatic heterocycles. The lowest BCUT2D eigenvalue weighted by molar-refractivity contribution is -0.130. The number of carboxylic acid groups (broad SMARTS) is 1. The fraction of sp³-hybridized carbons (Fsp3) is 0.538. The standard InChI is InChI=1S/C13H16N4O3/c18-12-9(5-8-3-1-2-4-17(8)12)16-11-7-14-10(6-15-11)13(19)20/h6-9H,1-5H2,(H,15,16)(H,19,20). The van der Waals surface area contributed by atoms with E-state index in [9.17, 15) is 9.59 Å². The zero-order valence-electron chi connectivity index (χ0n) is 11.0. The van der Waals surface area contributed by atoms with Gasteiger partial charge in [0.15, 0.2) is 5.69 Å². The SMILES string of the molecule is O=C(O)c1cnc(NC2CC3CCCCN3C2=O)cn1. The Morgan fingerprint density at radius 3 is 2.85 bits per heavy atom. The highest BCUT2D eigenvalue weighted by molar-refractivity contribution is 5.87. The normalized spacial score (nSPS) is 25.4. The molecule has 2 aliphatic rings. The summed E-state index contributed by atoms with van der Waals surface area (Å²) in [6, 6.07) is 0.0584. The lowest BCUT2D eigenvalue weighted by atomic mass is 10.0. The Morgan fingerprint density at radius 1 is 1.35 bits per heavy atom. The molecule has 0 spiro atoms. The van der Waals surface area contributed by atoms with Crippen molar-refractivity contribution in [3.8, 4) is 0 Å². The van der Waals surface area contributed by atoms with Crippen molar-refractivity contribution in [1.82, 2.24) is 14.9 Å². The van der Waals surface area contributed by atoms with Crippen LogP contribution < -0.4 is 5.32 Å². The summed E-state index contributed by atoms with van der Waals surface area (Å²) in [6.45, 7) is 0.839. The van der Waals surface area contributed by atoms with Crippen LogP contribution in [0.3, 0.4) is 0 Å². The van der Waals surface area contributed by atoms with Crippen molar-refractivity contribution in [1.29, 1.82) is 0 Å². The lowest BCUT2D eigenvalue weighted by Crippen LogP contribution is -2.39. The van der Waals surface area contributed by atoms with Crippen LogP contribution >= 0.6 is 0 Å². The maximum Gasteiger partial charge on any atom is 0.356 e. The van der Waals surface area contributed by atoms with E-state index in [0.717, 1.165) is 25.8 Å². The van der Waals surface area contributed by atoms with Gasteiger partial charge in [0.05, 0.1) is 12.4 Å². The maximum atomic E-state index is 12.2. The Morgan fingerprint density at radius 2 is 2.20 bits per heavy atom. The Hall–Kier alpha value is -2.18. The Kier molecular flexibility index (Phi) is 3.25. The molecule has 0 saturated carbocycles. The molecular formula is C13H16N4O3. The number of nitrogens with zero attached hydrogens (tertiary/aromatic N) is 3. The molecule has 20 heavy (non-hydrogen) atoms. The van der Waals surface area contributed by atoms with Crippen molar-refractivity contribution in [2.75, 3.05) is 11.9 Å². The monoisotopic (exact) mass is 276 g/mol. The van der Waals surface area contributed by atoms with Gasteiger partial charge in [0.25, 0.3) is 0 Å². The quantitative estimate of drug-likeness (QED) is 0.845. The molecule has 3 rings (SSSR count). The van der Waals surface area contributed by atoms with E-state index in [1.54, 1.807) is 0 Å². The van der Waals surface area contributed by atoms with E-state index in [4.69, 9.17) is 5.11 Å². The third-order valence-electron chi connectivity index (χ3n) is 3.91. The van der Waals surface area contributed by atoms with Crippen molar-refractivity contribution >= 4 is 17.7 Å². The molecule has 0 radical (unpaired) electrons. The lowest BCUT2D eigenvalue weighted by Gasteiger charge is -2.28. The van der Waals surface area contributed by atoms with Crippen LogP contribution in [0.1, 0.15) is 36.2 Å². The van der Waals surface area contributed by atoms with E-state index < -0.39 is 5.97 Å². The first-order valence-corrected chi connectivity index (χ1v) is 6.77. The summed E-state index contributed by atoms with van der Waals surface area (Å²) in [7, 11) is 0. The highest BCUT2D eigenvalue weighted by atomic mass is 16.4. The van der Waals surface area contributed by atoms with E-state index in [2.05, 4.69) is 15.3 Å². The van der Waals surface area contributed by atoms with Gasteiger partial charge in [0, 0.05) is 12.6 Å². The zero-order chi connectivity index (χ0) is 14.1. The van der Waals surface area contributed by atoms with Crippen LogP contribution in [-0.4, -0.2) is 50.5 Å². The Balaban J connectivity index is 1.68.